The van der Waals surface area contributed by atoms with Gasteiger partial charge in [-0.15, -0.1) is 0 Å². The van der Waals surface area contributed by atoms with Crippen LogP contribution in [-0.4, -0.2) is 34.3 Å². The molecule has 0 spiro atoms. The zero-order chi connectivity index (χ0) is 14.2. The van der Waals surface area contributed by atoms with E-state index in [1.54, 1.807) is 24.3 Å². The Kier molecular flexibility index (Phi) is 3.62. The van der Waals surface area contributed by atoms with Crippen LogP contribution >= 0.6 is 11.6 Å². The van der Waals surface area contributed by atoms with Crippen LogP contribution in [0.5, 0.6) is 0 Å². The Balaban J connectivity index is 2.51. The zero-order valence-electron chi connectivity index (χ0n) is 10.7. The third-order valence-electron chi connectivity index (χ3n) is 3.06. The van der Waals surface area contributed by atoms with E-state index in [-0.39, 0.29) is 29.7 Å². The topological polar surface area (TPSA) is 57.6 Å². The number of Topliss-reactive ketones (excluding diaryl/α,β-unsaturated/α-hetero) is 1. The molecule has 0 unspecified atom stereocenters. The van der Waals surface area contributed by atoms with Crippen molar-refractivity contribution in [2.75, 3.05) is 6.54 Å². The van der Waals surface area contributed by atoms with Gasteiger partial charge in [0, 0.05) is 11.6 Å². The molecule has 1 N–H and O–H groups in total. The predicted molar refractivity (Wildman–Crippen MR) is 72.9 cm³/mol. The molecule has 100 valence electrons. The van der Waals surface area contributed by atoms with Gasteiger partial charge in [-0.2, -0.15) is 0 Å². The van der Waals surface area contributed by atoms with Gasteiger partial charge < -0.3 is 10.0 Å². The van der Waals surface area contributed by atoms with E-state index < -0.39 is 5.91 Å². The minimum absolute atomic E-state index is 0.000343. The first kappa shape index (κ1) is 13.6. The summed E-state index contributed by atoms with van der Waals surface area (Å²) in [6.07, 6.45) is 0. The number of hydrogen-bond acceptors (Lipinski definition) is 3. The molecule has 1 aliphatic rings. The van der Waals surface area contributed by atoms with Crippen LogP contribution in [0.15, 0.2) is 29.8 Å². The maximum Gasteiger partial charge on any atom is 0.262 e. The van der Waals surface area contributed by atoms with E-state index in [9.17, 15) is 14.7 Å². The Labute approximate surface area is 116 Å². The summed E-state index contributed by atoms with van der Waals surface area (Å²) in [4.78, 5) is 25.5. The van der Waals surface area contributed by atoms with E-state index >= 15 is 0 Å². The van der Waals surface area contributed by atoms with Gasteiger partial charge in [-0.1, -0.05) is 23.7 Å². The van der Waals surface area contributed by atoms with Gasteiger partial charge in [0.2, 0.25) is 0 Å². The number of ketones is 1. The summed E-state index contributed by atoms with van der Waals surface area (Å²) in [5.74, 6) is -1.17. The van der Waals surface area contributed by atoms with Crippen molar-refractivity contribution >= 4 is 29.1 Å². The van der Waals surface area contributed by atoms with Gasteiger partial charge in [-0.25, -0.2) is 0 Å². The predicted octanol–water partition coefficient (Wildman–Crippen LogP) is 2.43. The Morgan fingerprint density at radius 3 is 2.47 bits per heavy atom. The fraction of sp³-hybridized carbons (Fsp3) is 0.286. The molecule has 5 heteroatoms. The number of halogens is 1. The lowest BCUT2D eigenvalue weighted by atomic mass is 10.1. The molecule has 1 saturated heterocycles. The highest BCUT2D eigenvalue weighted by atomic mass is 35.5. The number of nitrogens with zero attached hydrogens (tertiary/aromatic N) is 1. The molecule has 1 aromatic carbocycles. The van der Waals surface area contributed by atoms with E-state index in [4.69, 9.17) is 11.6 Å². The van der Waals surface area contributed by atoms with Crippen LogP contribution in [0.2, 0.25) is 5.02 Å². The fourth-order valence-electron chi connectivity index (χ4n) is 2.01. The van der Waals surface area contributed by atoms with Gasteiger partial charge in [0.25, 0.3) is 5.91 Å². The van der Waals surface area contributed by atoms with Crippen LogP contribution in [0.25, 0.3) is 5.76 Å². The first-order chi connectivity index (χ1) is 8.93. The van der Waals surface area contributed by atoms with Gasteiger partial charge in [-0.05, 0) is 26.0 Å². The molecule has 1 heterocycles. The Morgan fingerprint density at radius 1 is 1.32 bits per heavy atom. The Morgan fingerprint density at radius 2 is 1.95 bits per heavy atom. The summed E-state index contributed by atoms with van der Waals surface area (Å²) in [5, 5.41) is 10.5. The number of amides is 1. The summed E-state index contributed by atoms with van der Waals surface area (Å²) in [6.45, 7) is 3.64. The van der Waals surface area contributed by atoms with Gasteiger partial charge in [0.15, 0.2) is 5.78 Å². The second-order valence-electron chi connectivity index (χ2n) is 4.65. The van der Waals surface area contributed by atoms with Crippen LogP contribution in [0.1, 0.15) is 19.4 Å². The lowest BCUT2D eigenvalue weighted by Gasteiger charge is -2.18. The smallest absolute Gasteiger partial charge is 0.262 e. The van der Waals surface area contributed by atoms with Crippen LogP contribution in [0.3, 0.4) is 0 Å². The van der Waals surface area contributed by atoms with E-state index in [2.05, 4.69) is 0 Å². The fourth-order valence-corrected chi connectivity index (χ4v) is 2.23. The maximum atomic E-state index is 12.1. The summed E-state index contributed by atoms with van der Waals surface area (Å²) < 4.78 is 0. The Bertz CT molecular complexity index is 578. The average molecular weight is 280 g/mol. The van der Waals surface area contributed by atoms with Gasteiger partial charge >= 0.3 is 0 Å². The number of likely N-dealkylation sites (tertiary alicyclic amines) is 1. The first-order valence-electron chi connectivity index (χ1n) is 5.95. The zero-order valence-corrected chi connectivity index (χ0v) is 11.4. The standard InChI is InChI=1S/C14H14ClNO3/c1-8(2)16-7-11(17)12(14(16)19)13(18)9-5-3-4-6-10(9)15/h3-6,8,18H,7H2,1-2H3/b13-12-. The number of carbonyl (C=O) groups excluding carboxylic acids is 2. The number of aliphatic hydroxyl groups excluding tert-OH is 1. The van der Waals surface area contributed by atoms with Gasteiger partial charge in [0.1, 0.15) is 11.3 Å². The highest BCUT2D eigenvalue weighted by Crippen LogP contribution is 2.28. The molecule has 0 atom stereocenters. The van der Waals surface area contributed by atoms with E-state index in [1.165, 1.54) is 4.90 Å². The quantitative estimate of drug-likeness (QED) is 0.514. The van der Waals surface area contributed by atoms with Gasteiger partial charge in [-0.3, -0.25) is 9.59 Å². The number of benzene rings is 1. The van der Waals surface area contributed by atoms with Crippen LogP contribution in [0, 0.1) is 0 Å². The lowest BCUT2D eigenvalue weighted by Crippen LogP contribution is -2.32. The van der Waals surface area contributed by atoms with Crippen molar-refractivity contribution in [3.63, 3.8) is 0 Å². The molecule has 1 fully saturated rings. The third-order valence-corrected chi connectivity index (χ3v) is 3.39. The van der Waals surface area contributed by atoms with Crippen molar-refractivity contribution in [2.24, 2.45) is 0 Å². The number of hydrogen-bond donors (Lipinski definition) is 1. The molecule has 0 bridgehead atoms. The largest absolute Gasteiger partial charge is 0.506 e. The molecule has 0 aliphatic carbocycles. The summed E-state index contributed by atoms with van der Waals surface area (Å²) >= 11 is 5.96. The normalized spacial score (nSPS) is 18.4. The molecular formula is C14H14ClNO3. The summed E-state index contributed by atoms with van der Waals surface area (Å²) in [6, 6.07) is 6.47. The molecular weight excluding hydrogens is 266 g/mol. The minimum atomic E-state index is -0.447. The SMILES string of the molecule is CC(C)N1CC(=O)/C(=C(/O)c2ccccc2Cl)C1=O. The van der Waals surface area contributed by atoms with Crippen molar-refractivity contribution in [3.05, 3.63) is 40.4 Å². The van der Waals surface area contributed by atoms with E-state index in [1.807, 2.05) is 13.8 Å². The number of rotatable bonds is 2. The average Bonchev–Trinajstić information content (AvgIpc) is 2.65. The third kappa shape index (κ3) is 2.36. The molecule has 19 heavy (non-hydrogen) atoms. The minimum Gasteiger partial charge on any atom is -0.506 e. The van der Waals surface area contributed by atoms with E-state index in [0.29, 0.717) is 10.6 Å². The van der Waals surface area contributed by atoms with Crippen LogP contribution in [0.4, 0.5) is 0 Å². The van der Waals surface area contributed by atoms with Crippen molar-refractivity contribution in [3.8, 4) is 0 Å². The second-order valence-corrected chi connectivity index (χ2v) is 5.06. The van der Waals surface area contributed by atoms with Crippen molar-refractivity contribution in [1.82, 2.24) is 4.90 Å². The molecule has 1 amide bonds. The van der Waals surface area contributed by atoms with Crippen molar-refractivity contribution in [2.45, 2.75) is 19.9 Å². The highest BCUT2D eigenvalue weighted by Gasteiger charge is 2.38. The number of aliphatic hydroxyl groups is 1. The molecule has 1 aliphatic heterocycles. The van der Waals surface area contributed by atoms with Gasteiger partial charge in [0.05, 0.1) is 11.6 Å². The second kappa shape index (κ2) is 5.05. The monoisotopic (exact) mass is 279 g/mol. The van der Waals surface area contributed by atoms with Crippen LogP contribution in [-0.2, 0) is 9.59 Å². The summed E-state index contributed by atoms with van der Waals surface area (Å²) in [5.41, 5.74) is 0.119. The lowest BCUT2D eigenvalue weighted by molar-refractivity contribution is -0.126. The Hall–Kier alpha value is -1.81. The van der Waals surface area contributed by atoms with Crippen molar-refractivity contribution in [1.29, 1.82) is 0 Å². The molecule has 0 saturated carbocycles. The van der Waals surface area contributed by atoms with E-state index in [0.717, 1.165) is 0 Å². The molecule has 0 aromatic heterocycles. The van der Waals surface area contributed by atoms with Crippen molar-refractivity contribution < 1.29 is 14.7 Å². The molecule has 2 rings (SSSR count). The maximum absolute atomic E-state index is 12.1. The summed E-state index contributed by atoms with van der Waals surface area (Å²) in [7, 11) is 0. The molecule has 0 radical (unpaired) electrons. The molecule has 4 nitrogen and oxygen atoms in total. The van der Waals surface area contributed by atoms with Crippen LogP contribution < -0.4 is 0 Å². The number of carbonyl (C=O) groups is 2. The molecule has 1 aromatic rings. The first-order valence-corrected chi connectivity index (χ1v) is 6.33. The highest BCUT2D eigenvalue weighted by molar-refractivity contribution is 6.34.